The number of carboxylic acid groups (broad SMARTS) is 1. The molecule has 2 rings (SSSR count). The van der Waals surface area contributed by atoms with Crippen LogP contribution < -0.4 is 4.90 Å². The van der Waals surface area contributed by atoms with Crippen LogP contribution in [0.5, 0.6) is 0 Å². The fraction of sp³-hybridized carbons (Fsp3) is 0.417. The standard InChI is InChI=1S/C12H14IN3O4/c13-9-1-2-10(11(7-9)16(19)20)15-5-3-14(4-6-15)8-12(17)18/h1-2,7H,3-6,8H2,(H,17,18). The number of hydrogen-bond acceptors (Lipinski definition) is 5. The molecular formula is C12H14IN3O4. The summed E-state index contributed by atoms with van der Waals surface area (Å²) in [7, 11) is 0. The Morgan fingerprint density at radius 1 is 1.35 bits per heavy atom. The first-order valence-corrected chi connectivity index (χ1v) is 7.18. The Hall–Kier alpha value is -1.42. The molecule has 0 atom stereocenters. The van der Waals surface area contributed by atoms with Crippen LogP contribution in [0, 0.1) is 13.7 Å². The lowest BCUT2D eigenvalue weighted by Crippen LogP contribution is -2.48. The van der Waals surface area contributed by atoms with Crippen LogP contribution in [0.15, 0.2) is 18.2 Å². The summed E-state index contributed by atoms with van der Waals surface area (Å²) in [4.78, 5) is 25.2. The highest BCUT2D eigenvalue weighted by atomic mass is 127. The van der Waals surface area contributed by atoms with Gasteiger partial charge in [0.25, 0.3) is 5.69 Å². The van der Waals surface area contributed by atoms with Crippen molar-refractivity contribution in [1.29, 1.82) is 0 Å². The van der Waals surface area contributed by atoms with Gasteiger partial charge in [0, 0.05) is 35.8 Å². The molecule has 1 aromatic carbocycles. The molecule has 20 heavy (non-hydrogen) atoms. The highest BCUT2D eigenvalue weighted by Gasteiger charge is 2.24. The van der Waals surface area contributed by atoms with Gasteiger partial charge in [-0.25, -0.2) is 0 Å². The summed E-state index contributed by atoms with van der Waals surface area (Å²) < 4.78 is 0.822. The molecule has 0 aliphatic carbocycles. The molecule has 1 saturated heterocycles. The van der Waals surface area contributed by atoms with E-state index in [4.69, 9.17) is 5.11 Å². The Labute approximate surface area is 129 Å². The Morgan fingerprint density at radius 3 is 2.55 bits per heavy atom. The number of nitrogens with zero attached hydrogens (tertiary/aromatic N) is 3. The molecule has 0 saturated carbocycles. The first-order chi connectivity index (χ1) is 9.47. The number of rotatable bonds is 4. The van der Waals surface area contributed by atoms with E-state index in [0.29, 0.717) is 31.9 Å². The topological polar surface area (TPSA) is 86.9 Å². The molecule has 1 fully saturated rings. The number of anilines is 1. The lowest BCUT2D eigenvalue weighted by molar-refractivity contribution is -0.384. The number of piperazine rings is 1. The second-order valence-electron chi connectivity index (χ2n) is 4.55. The molecule has 1 aliphatic heterocycles. The Morgan fingerprint density at radius 2 is 2.00 bits per heavy atom. The van der Waals surface area contributed by atoms with Crippen LogP contribution in [0.4, 0.5) is 11.4 Å². The quantitative estimate of drug-likeness (QED) is 0.475. The smallest absolute Gasteiger partial charge is 0.317 e. The SMILES string of the molecule is O=C(O)CN1CCN(c2ccc(I)cc2[N+](=O)[O-])CC1. The van der Waals surface area contributed by atoms with Crippen molar-refractivity contribution in [3.05, 3.63) is 31.9 Å². The largest absolute Gasteiger partial charge is 0.480 e. The summed E-state index contributed by atoms with van der Waals surface area (Å²) in [6.07, 6.45) is 0. The van der Waals surface area contributed by atoms with Crippen LogP contribution in [0.1, 0.15) is 0 Å². The molecule has 1 aliphatic rings. The number of carbonyl (C=O) groups is 1. The maximum Gasteiger partial charge on any atom is 0.317 e. The number of nitro groups is 1. The van der Waals surface area contributed by atoms with Gasteiger partial charge in [0.05, 0.1) is 11.5 Å². The van der Waals surface area contributed by atoms with Crippen LogP contribution in [0.3, 0.4) is 0 Å². The van der Waals surface area contributed by atoms with Crippen molar-refractivity contribution in [2.75, 3.05) is 37.6 Å². The zero-order valence-corrected chi connectivity index (χ0v) is 12.8. The van der Waals surface area contributed by atoms with E-state index < -0.39 is 5.97 Å². The fourth-order valence-electron chi connectivity index (χ4n) is 2.25. The molecule has 1 aromatic rings. The lowest BCUT2D eigenvalue weighted by Gasteiger charge is -2.34. The van der Waals surface area contributed by atoms with E-state index in [2.05, 4.69) is 0 Å². The van der Waals surface area contributed by atoms with E-state index in [1.54, 1.807) is 12.1 Å². The van der Waals surface area contributed by atoms with E-state index in [9.17, 15) is 14.9 Å². The van der Waals surface area contributed by atoms with E-state index >= 15 is 0 Å². The van der Waals surface area contributed by atoms with Gasteiger partial charge < -0.3 is 10.0 Å². The molecule has 0 bridgehead atoms. The minimum Gasteiger partial charge on any atom is -0.480 e. The maximum absolute atomic E-state index is 11.1. The second kappa shape index (κ2) is 6.35. The molecule has 0 radical (unpaired) electrons. The average Bonchev–Trinajstić information content (AvgIpc) is 2.39. The van der Waals surface area contributed by atoms with Crippen molar-refractivity contribution in [3.63, 3.8) is 0 Å². The predicted molar refractivity (Wildman–Crippen MR) is 82.1 cm³/mol. The number of halogens is 1. The molecule has 1 heterocycles. The van der Waals surface area contributed by atoms with Gasteiger partial charge in [-0.15, -0.1) is 0 Å². The Balaban J connectivity index is 2.11. The van der Waals surface area contributed by atoms with Crippen LogP contribution in [0.25, 0.3) is 0 Å². The number of hydrogen-bond donors (Lipinski definition) is 1. The van der Waals surface area contributed by atoms with Gasteiger partial charge >= 0.3 is 5.97 Å². The molecule has 0 aromatic heterocycles. The zero-order chi connectivity index (χ0) is 14.7. The van der Waals surface area contributed by atoms with Crippen molar-refractivity contribution >= 4 is 39.9 Å². The van der Waals surface area contributed by atoms with Crippen molar-refractivity contribution in [1.82, 2.24) is 4.90 Å². The number of aliphatic carboxylic acids is 1. The average molecular weight is 391 g/mol. The van der Waals surface area contributed by atoms with E-state index in [-0.39, 0.29) is 17.2 Å². The third-order valence-corrected chi connectivity index (χ3v) is 3.88. The third-order valence-electron chi connectivity index (χ3n) is 3.21. The molecule has 0 unspecified atom stereocenters. The summed E-state index contributed by atoms with van der Waals surface area (Å²) in [5, 5.41) is 19.9. The Kier molecular flexibility index (Phi) is 4.76. The predicted octanol–water partition coefficient (Wildman–Crippen LogP) is 1.41. The van der Waals surface area contributed by atoms with E-state index in [0.717, 1.165) is 3.57 Å². The van der Waals surface area contributed by atoms with E-state index in [1.165, 1.54) is 0 Å². The van der Waals surface area contributed by atoms with Crippen molar-refractivity contribution in [2.45, 2.75) is 0 Å². The van der Waals surface area contributed by atoms with Gasteiger partial charge in [-0.3, -0.25) is 19.8 Å². The molecule has 0 amide bonds. The third kappa shape index (κ3) is 3.57. The molecule has 108 valence electrons. The zero-order valence-electron chi connectivity index (χ0n) is 10.7. The number of nitro benzene ring substituents is 1. The van der Waals surface area contributed by atoms with Gasteiger partial charge in [0.2, 0.25) is 0 Å². The summed E-state index contributed by atoms with van der Waals surface area (Å²) in [6.45, 7) is 2.39. The van der Waals surface area contributed by atoms with Gasteiger partial charge in [-0.2, -0.15) is 0 Å². The second-order valence-corrected chi connectivity index (χ2v) is 5.79. The molecule has 8 heteroatoms. The first kappa shape index (κ1) is 15.0. The molecule has 1 N–H and O–H groups in total. The summed E-state index contributed by atoms with van der Waals surface area (Å²) >= 11 is 2.05. The highest BCUT2D eigenvalue weighted by molar-refractivity contribution is 14.1. The van der Waals surface area contributed by atoms with Crippen LogP contribution >= 0.6 is 22.6 Å². The van der Waals surface area contributed by atoms with Crippen LogP contribution in [-0.4, -0.2) is 53.6 Å². The van der Waals surface area contributed by atoms with Crippen LogP contribution in [-0.2, 0) is 4.79 Å². The molecule has 0 spiro atoms. The van der Waals surface area contributed by atoms with Gasteiger partial charge in [-0.05, 0) is 34.7 Å². The van der Waals surface area contributed by atoms with Crippen molar-refractivity contribution < 1.29 is 14.8 Å². The van der Waals surface area contributed by atoms with Gasteiger partial charge in [0.1, 0.15) is 5.69 Å². The maximum atomic E-state index is 11.1. The highest BCUT2D eigenvalue weighted by Crippen LogP contribution is 2.30. The molecular weight excluding hydrogens is 377 g/mol. The van der Waals surface area contributed by atoms with Crippen LogP contribution in [0.2, 0.25) is 0 Å². The first-order valence-electron chi connectivity index (χ1n) is 6.10. The number of benzene rings is 1. The van der Waals surface area contributed by atoms with Crippen molar-refractivity contribution in [3.8, 4) is 0 Å². The lowest BCUT2D eigenvalue weighted by atomic mass is 10.2. The summed E-state index contributed by atoms with van der Waals surface area (Å²) in [6, 6.07) is 5.15. The summed E-state index contributed by atoms with van der Waals surface area (Å²) in [5.74, 6) is -0.848. The normalized spacial score (nSPS) is 16.1. The number of carboxylic acids is 1. The van der Waals surface area contributed by atoms with Crippen molar-refractivity contribution in [2.24, 2.45) is 0 Å². The minimum atomic E-state index is -0.848. The van der Waals surface area contributed by atoms with E-state index in [1.807, 2.05) is 38.5 Å². The molecule has 7 nitrogen and oxygen atoms in total. The minimum absolute atomic E-state index is 0.0165. The van der Waals surface area contributed by atoms with Gasteiger partial charge in [-0.1, -0.05) is 0 Å². The monoisotopic (exact) mass is 391 g/mol. The van der Waals surface area contributed by atoms with Gasteiger partial charge in [0.15, 0.2) is 0 Å². The fourth-order valence-corrected chi connectivity index (χ4v) is 2.72. The summed E-state index contributed by atoms with van der Waals surface area (Å²) in [5.41, 5.74) is 0.703. The Bertz CT molecular complexity index is 529.